The van der Waals surface area contributed by atoms with Crippen LogP contribution in [0.15, 0.2) is 0 Å². The van der Waals surface area contributed by atoms with Gasteiger partial charge in [-0.1, -0.05) is 11.3 Å². The van der Waals surface area contributed by atoms with E-state index in [0.717, 1.165) is 11.3 Å². The highest BCUT2D eigenvalue weighted by molar-refractivity contribution is 7.19. The van der Waals surface area contributed by atoms with Crippen molar-refractivity contribution in [3.63, 3.8) is 0 Å². The number of thiazole rings is 1. The smallest absolute Gasteiger partial charge is 0.389 e. The van der Waals surface area contributed by atoms with E-state index >= 15 is 0 Å². The number of carbonyl (C=O) groups excluding carboxylic acids is 1. The van der Waals surface area contributed by atoms with Crippen molar-refractivity contribution in [3.8, 4) is 0 Å². The molecule has 0 aliphatic heterocycles. The lowest BCUT2D eigenvalue weighted by molar-refractivity contribution is -0.167. The molecule has 0 fully saturated rings. The summed E-state index contributed by atoms with van der Waals surface area (Å²) in [7, 11) is 0. The van der Waals surface area contributed by atoms with Crippen molar-refractivity contribution in [2.24, 2.45) is 0 Å². The summed E-state index contributed by atoms with van der Waals surface area (Å²) in [6, 6.07) is 0. The van der Waals surface area contributed by atoms with Crippen LogP contribution in [0.5, 0.6) is 0 Å². The minimum Gasteiger partial charge on any atom is -0.389 e. The van der Waals surface area contributed by atoms with E-state index in [1.807, 2.05) is 0 Å². The molecule has 0 saturated heterocycles. The molecule has 0 saturated carbocycles. The Hall–Kier alpha value is -1.31. The first-order valence-corrected chi connectivity index (χ1v) is 4.23. The molecule has 1 rings (SSSR count). The summed E-state index contributed by atoms with van der Waals surface area (Å²) in [4.78, 5) is 14.1. The number of amides is 1. The van der Waals surface area contributed by atoms with Gasteiger partial charge in [0.1, 0.15) is 5.00 Å². The number of halogens is 3. The molecule has 0 atom stereocenters. The molecule has 14 heavy (non-hydrogen) atoms. The molecule has 8 heteroatoms. The van der Waals surface area contributed by atoms with Crippen LogP contribution in [0.3, 0.4) is 0 Å². The number of aryl methyl sites for hydroxylation is 1. The molecule has 0 aliphatic rings. The van der Waals surface area contributed by atoms with E-state index < -0.39 is 12.1 Å². The van der Waals surface area contributed by atoms with Gasteiger partial charge in [-0.05, 0) is 6.92 Å². The summed E-state index contributed by atoms with van der Waals surface area (Å²) in [6.07, 6.45) is -4.91. The molecule has 78 valence electrons. The molecule has 0 radical (unpaired) electrons. The van der Waals surface area contributed by atoms with Crippen LogP contribution < -0.4 is 11.1 Å². The van der Waals surface area contributed by atoms with E-state index in [4.69, 9.17) is 5.73 Å². The fourth-order valence-corrected chi connectivity index (χ4v) is 1.36. The van der Waals surface area contributed by atoms with Crippen LogP contribution >= 0.6 is 11.3 Å². The first-order valence-electron chi connectivity index (χ1n) is 3.42. The minimum absolute atomic E-state index is 0.151. The van der Waals surface area contributed by atoms with E-state index in [1.54, 1.807) is 5.32 Å². The third-order valence-corrected chi connectivity index (χ3v) is 2.21. The Kier molecular flexibility index (Phi) is 2.65. The van der Waals surface area contributed by atoms with E-state index in [9.17, 15) is 18.0 Å². The second-order valence-corrected chi connectivity index (χ2v) is 3.45. The lowest BCUT2D eigenvalue weighted by atomic mass is 10.5. The zero-order chi connectivity index (χ0) is 10.9. The van der Waals surface area contributed by atoms with E-state index in [-0.39, 0.29) is 10.1 Å². The predicted molar refractivity (Wildman–Crippen MR) is 45.9 cm³/mol. The average Bonchev–Trinajstić information content (AvgIpc) is 2.29. The number of nitrogens with zero attached hydrogens (tertiary/aromatic N) is 1. The number of nitrogens with two attached hydrogens (primary N) is 1. The Labute approximate surface area is 80.9 Å². The number of nitrogens with one attached hydrogen (secondary N) is 1. The van der Waals surface area contributed by atoms with Crippen LogP contribution in [0.25, 0.3) is 0 Å². The molecule has 0 bridgehead atoms. The predicted octanol–water partition coefficient (Wildman–Crippen LogP) is 1.53. The number of hydrogen-bond donors (Lipinski definition) is 2. The topological polar surface area (TPSA) is 68.0 Å². The third-order valence-electron chi connectivity index (χ3n) is 1.31. The van der Waals surface area contributed by atoms with Crippen LogP contribution in [0.4, 0.5) is 23.3 Å². The summed E-state index contributed by atoms with van der Waals surface area (Å²) >= 11 is 0.794. The highest BCUT2D eigenvalue weighted by Crippen LogP contribution is 2.26. The Morgan fingerprint density at radius 3 is 2.50 bits per heavy atom. The maximum Gasteiger partial charge on any atom is 0.471 e. The Bertz CT molecular complexity index is 340. The van der Waals surface area contributed by atoms with Crippen molar-refractivity contribution < 1.29 is 18.0 Å². The number of hydrogen-bond acceptors (Lipinski definition) is 4. The van der Waals surface area contributed by atoms with Gasteiger partial charge in [0.2, 0.25) is 0 Å². The number of aromatic nitrogens is 1. The third kappa shape index (κ3) is 2.34. The molecule has 0 unspecified atom stereocenters. The largest absolute Gasteiger partial charge is 0.471 e. The van der Waals surface area contributed by atoms with Crippen LogP contribution in [-0.4, -0.2) is 17.1 Å². The average molecular weight is 225 g/mol. The van der Waals surface area contributed by atoms with Crippen LogP contribution in [0.2, 0.25) is 0 Å². The van der Waals surface area contributed by atoms with Crippen molar-refractivity contribution in [2.75, 3.05) is 11.1 Å². The molecular weight excluding hydrogens is 219 g/mol. The first kappa shape index (κ1) is 10.8. The molecule has 1 aromatic heterocycles. The number of rotatable bonds is 1. The fourth-order valence-electron chi connectivity index (χ4n) is 0.630. The maximum atomic E-state index is 11.8. The molecule has 4 nitrogen and oxygen atoms in total. The number of nitrogen functional groups attached to an aromatic ring is 1. The van der Waals surface area contributed by atoms with Gasteiger partial charge < -0.3 is 5.73 Å². The summed E-state index contributed by atoms with van der Waals surface area (Å²) in [5.41, 5.74) is 5.74. The normalized spacial score (nSPS) is 11.4. The SMILES string of the molecule is Cc1nc(NC(=O)C(F)(F)F)sc1N. The number of alkyl halides is 3. The monoisotopic (exact) mass is 225 g/mol. The lowest BCUT2D eigenvalue weighted by Gasteiger charge is -2.03. The van der Waals surface area contributed by atoms with Gasteiger partial charge in [0, 0.05) is 0 Å². The van der Waals surface area contributed by atoms with Gasteiger partial charge in [-0.25, -0.2) is 4.98 Å². The summed E-state index contributed by atoms with van der Waals surface area (Å²) in [5.74, 6) is -2.05. The van der Waals surface area contributed by atoms with Gasteiger partial charge in [0.25, 0.3) is 0 Å². The molecule has 3 N–H and O–H groups in total. The zero-order valence-electron chi connectivity index (χ0n) is 6.97. The number of anilines is 2. The van der Waals surface area contributed by atoms with Crippen LogP contribution in [0, 0.1) is 6.92 Å². The van der Waals surface area contributed by atoms with Crippen molar-refractivity contribution in [1.82, 2.24) is 4.98 Å². The van der Waals surface area contributed by atoms with Gasteiger partial charge in [-0.15, -0.1) is 0 Å². The number of carbonyl (C=O) groups is 1. The molecule has 0 aliphatic carbocycles. The summed E-state index contributed by atoms with van der Waals surface area (Å²) in [5, 5.41) is 1.74. The molecule has 0 aromatic carbocycles. The Balaban J connectivity index is 2.75. The van der Waals surface area contributed by atoms with Crippen molar-refractivity contribution in [3.05, 3.63) is 5.69 Å². The van der Waals surface area contributed by atoms with Gasteiger partial charge in [0.05, 0.1) is 5.69 Å². The first-order chi connectivity index (χ1) is 6.30. The quantitative estimate of drug-likeness (QED) is 0.761. The van der Waals surface area contributed by atoms with Crippen molar-refractivity contribution in [1.29, 1.82) is 0 Å². The fraction of sp³-hybridized carbons (Fsp3) is 0.333. The highest BCUT2D eigenvalue weighted by atomic mass is 32.1. The van der Waals surface area contributed by atoms with Crippen molar-refractivity contribution in [2.45, 2.75) is 13.1 Å². The standard InChI is InChI=1S/C6H6F3N3OS/c1-2-3(10)14-5(11-2)12-4(13)6(7,8)9/h10H2,1H3,(H,11,12,13). The van der Waals surface area contributed by atoms with Gasteiger partial charge >= 0.3 is 12.1 Å². The maximum absolute atomic E-state index is 11.8. The van der Waals surface area contributed by atoms with E-state index in [1.165, 1.54) is 6.92 Å². The van der Waals surface area contributed by atoms with Crippen molar-refractivity contribution >= 4 is 27.4 Å². The summed E-state index contributed by atoms with van der Waals surface area (Å²) < 4.78 is 35.3. The van der Waals surface area contributed by atoms with Gasteiger partial charge in [-0.3, -0.25) is 10.1 Å². The summed E-state index contributed by atoms with van der Waals surface area (Å²) in [6.45, 7) is 1.54. The lowest BCUT2D eigenvalue weighted by Crippen LogP contribution is -2.29. The van der Waals surface area contributed by atoms with Gasteiger partial charge in [-0.2, -0.15) is 13.2 Å². The zero-order valence-corrected chi connectivity index (χ0v) is 7.79. The van der Waals surface area contributed by atoms with E-state index in [0.29, 0.717) is 5.69 Å². The molecule has 1 heterocycles. The Morgan fingerprint density at radius 2 is 2.14 bits per heavy atom. The van der Waals surface area contributed by atoms with Gasteiger partial charge in [0.15, 0.2) is 5.13 Å². The van der Waals surface area contributed by atoms with Crippen LogP contribution in [-0.2, 0) is 4.79 Å². The molecular formula is C6H6F3N3OS. The highest BCUT2D eigenvalue weighted by Gasteiger charge is 2.39. The molecule has 0 spiro atoms. The minimum atomic E-state index is -4.91. The Morgan fingerprint density at radius 1 is 1.57 bits per heavy atom. The van der Waals surface area contributed by atoms with E-state index in [2.05, 4.69) is 4.98 Å². The van der Waals surface area contributed by atoms with Crippen LogP contribution in [0.1, 0.15) is 5.69 Å². The second kappa shape index (κ2) is 3.45. The molecule has 1 aromatic rings. The second-order valence-electron chi connectivity index (χ2n) is 2.42. The molecule has 1 amide bonds.